The molecule has 1 atom stereocenters. The van der Waals surface area contributed by atoms with Gasteiger partial charge in [-0.1, -0.05) is 41.9 Å². The summed E-state index contributed by atoms with van der Waals surface area (Å²) in [7, 11) is 0. The van der Waals surface area contributed by atoms with Crippen molar-refractivity contribution in [2.45, 2.75) is 19.6 Å². The van der Waals surface area contributed by atoms with Gasteiger partial charge in [0.1, 0.15) is 12.4 Å². The van der Waals surface area contributed by atoms with Gasteiger partial charge in [-0.25, -0.2) is 14.0 Å². The van der Waals surface area contributed by atoms with Crippen LogP contribution >= 0.6 is 11.6 Å². The summed E-state index contributed by atoms with van der Waals surface area (Å²) in [5.41, 5.74) is 0.561. The van der Waals surface area contributed by atoms with Gasteiger partial charge in [-0.05, 0) is 30.7 Å². The molecule has 1 amide bonds. The molecule has 7 heteroatoms. The average Bonchev–Trinajstić information content (AvgIpc) is 2.60. The molecule has 0 spiro atoms. The van der Waals surface area contributed by atoms with Crippen molar-refractivity contribution < 1.29 is 23.8 Å². The number of nitrogens with zero attached hydrogens (tertiary/aromatic N) is 1. The third kappa shape index (κ3) is 4.70. The molecule has 25 heavy (non-hydrogen) atoms. The Labute approximate surface area is 149 Å². The summed E-state index contributed by atoms with van der Waals surface area (Å²) in [6.45, 7) is 1.60. The molecule has 0 aliphatic rings. The number of aliphatic carboxylic acids is 1. The van der Waals surface area contributed by atoms with Crippen molar-refractivity contribution in [2.24, 2.45) is 0 Å². The summed E-state index contributed by atoms with van der Waals surface area (Å²) in [6.07, 6.45) is -0.849. The van der Waals surface area contributed by atoms with Crippen molar-refractivity contribution in [3.05, 3.63) is 70.5 Å². The van der Waals surface area contributed by atoms with Crippen LogP contribution in [0.15, 0.2) is 48.5 Å². The largest absolute Gasteiger partial charge is 0.479 e. The SMILES string of the molecule is CCN(C(=O)OCc1ccccc1)C(C(=O)O)c1cc(Cl)ccc1F. The maximum absolute atomic E-state index is 14.1. The highest BCUT2D eigenvalue weighted by molar-refractivity contribution is 6.30. The van der Waals surface area contributed by atoms with Crippen molar-refractivity contribution in [2.75, 3.05) is 6.54 Å². The second-order valence-electron chi connectivity index (χ2n) is 5.23. The van der Waals surface area contributed by atoms with Crippen molar-refractivity contribution in [3.63, 3.8) is 0 Å². The Morgan fingerprint density at radius 3 is 2.52 bits per heavy atom. The lowest BCUT2D eigenvalue weighted by molar-refractivity contribution is -0.143. The molecule has 5 nitrogen and oxygen atoms in total. The Morgan fingerprint density at radius 1 is 1.24 bits per heavy atom. The number of carbonyl (C=O) groups is 2. The maximum atomic E-state index is 14.1. The number of carboxylic acid groups (broad SMARTS) is 1. The van der Waals surface area contributed by atoms with Crippen LogP contribution in [0.2, 0.25) is 5.02 Å². The summed E-state index contributed by atoms with van der Waals surface area (Å²) in [6, 6.07) is 11.0. The fourth-order valence-electron chi connectivity index (χ4n) is 2.38. The third-order valence-electron chi connectivity index (χ3n) is 3.58. The van der Waals surface area contributed by atoms with Crippen LogP contribution in [-0.4, -0.2) is 28.6 Å². The predicted octanol–water partition coefficient (Wildman–Crippen LogP) is 4.26. The Bertz CT molecular complexity index is 754. The minimum Gasteiger partial charge on any atom is -0.479 e. The van der Waals surface area contributed by atoms with Gasteiger partial charge in [-0.3, -0.25) is 4.90 Å². The number of carboxylic acids is 1. The molecular formula is C18H17ClFNO4. The van der Waals surface area contributed by atoms with E-state index < -0.39 is 23.9 Å². The van der Waals surface area contributed by atoms with E-state index in [1.54, 1.807) is 31.2 Å². The summed E-state index contributed by atoms with van der Waals surface area (Å²) >= 11 is 5.84. The standard InChI is InChI=1S/C18H17ClFNO4/c1-2-21(18(24)25-11-12-6-4-3-5-7-12)16(17(22)23)14-10-13(19)8-9-15(14)20/h3-10,16H,2,11H2,1H3,(H,22,23). The van der Waals surface area contributed by atoms with Gasteiger partial charge in [0.15, 0.2) is 6.04 Å². The molecule has 0 saturated carbocycles. The molecule has 0 radical (unpaired) electrons. The topological polar surface area (TPSA) is 66.8 Å². The highest BCUT2D eigenvalue weighted by Gasteiger charge is 2.33. The molecule has 1 N–H and O–H groups in total. The second-order valence-corrected chi connectivity index (χ2v) is 5.67. The number of likely N-dealkylation sites (N-methyl/N-ethyl adjacent to an activating group) is 1. The summed E-state index contributed by atoms with van der Waals surface area (Å²) in [5, 5.41) is 9.70. The van der Waals surface area contributed by atoms with E-state index in [0.717, 1.165) is 16.5 Å². The zero-order valence-corrected chi connectivity index (χ0v) is 14.2. The quantitative estimate of drug-likeness (QED) is 0.830. The number of halogens is 2. The number of carbonyl (C=O) groups excluding carboxylic acids is 1. The van der Waals surface area contributed by atoms with Crippen molar-refractivity contribution in [3.8, 4) is 0 Å². The summed E-state index contributed by atoms with van der Waals surface area (Å²) in [4.78, 5) is 25.0. The Kier molecular flexibility index (Phi) is 6.36. The molecule has 0 aromatic heterocycles. The number of ether oxygens (including phenoxy) is 1. The van der Waals surface area contributed by atoms with E-state index in [4.69, 9.17) is 16.3 Å². The predicted molar refractivity (Wildman–Crippen MR) is 90.8 cm³/mol. The van der Waals surface area contributed by atoms with Crippen LogP contribution in [0, 0.1) is 5.82 Å². The first-order valence-corrected chi connectivity index (χ1v) is 7.97. The van der Waals surface area contributed by atoms with Crippen molar-refractivity contribution in [1.29, 1.82) is 0 Å². The normalized spacial score (nSPS) is 11.6. The fraction of sp³-hybridized carbons (Fsp3) is 0.222. The van der Waals surface area contributed by atoms with Crippen LogP contribution in [0.1, 0.15) is 24.1 Å². The number of amides is 1. The molecule has 0 bridgehead atoms. The van der Waals surface area contributed by atoms with Crippen LogP contribution in [-0.2, 0) is 16.1 Å². The van der Waals surface area contributed by atoms with Gasteiger partial charge in [-0.15, -0.1) is 0 Å². The zero-order chi connectivity index (χ0) is 18.4. The van der Waals surface area contributed by atoms with Gasteiger partial charge in [-0.2, -0.15) is 0 Å². The van der Waals surface area contributed by atoms with Crippen molar-refractivity contribution in [1.82, 2.24) is 4.90 Å². The van der Waals surface area contributed by atoms with Gasteiger partial charge in [0, 0.05) is 17.1 Å². The Morgan fingerprint density at radius 2 is 1.92 bits per heavy atom. The molecule has 0 aliphatic carbocycles. The molecule has 132 valence electrons. The summed E-state index contributed by atoms with van der Waals surface area (Å²) < 4.78 is 19.3. The van der Waals surface area contributed by atoms with Gasteiger partial charge in [0.05, 0.1) is 0 Å². The Hall–Kier alpha value is -2.60. The van der Waals surface area contributed by atoms with E-state index in [-0.39, 0.29) is 23.7 Å². The third-order valence-corrected chi connectivity index (χ3v) is 3.81. The van der Waals surface area contributed by atoms with E-state index in [9.17, 15) is 19.1 Å². The molecule has 1 unspecified atom stereocenters. The highest BCUT2D eigenvalue weighted by atomic mass is 35.5. The van der Waals surface area contributed by atoms with Crippen LogP contribution in [0.25, 0.3) is 0 Å². The van der Waals surface area contributed by atoms with Gasteiger partial charge < -0.3 is 9.84 Å². The van der Waals surface area contributed by atoms with Crippen LogP contribution < -0.4 is 0 Å². The molecule has 0 heterocycles. The van der Waals surface area contributed by atoms with E-state index in [1.807, 2.05) is 6.07 Å². The highest BCUT2D eigenvalue weighted by Crippen LogP contribution is 2.27. The van der Waals surface area contributed by atoms with Crippen LogP contribution in [0.4, 0.5) is 9.18 Å². The molecule has 2 aromatic rings. The number of rotatable bonds is 6. The number of hydrogen-bond donors (Lipinski definition) is 1. The first-order valence-electron chi connectivity index (χ1n) is 7.59. The molecule has 0 saturated heterocycles. The molecule has 2 rings (SSSR count). The summed E-state index contributed by atoms with van der Waals surface area (Å²) in [5.74, 6) is -2.13. The zero-order valence-electron chi connectivity index (χ0n) is 13.5. The molecular weight excluding hydrogens is 349 g/mol. The van der Waals surface area contributed by atoms with Gasteiger partial charge in [0.2, 0.25) is 0 Å². The monoisotopic (exact) mass is 365 g/mol. The molecule has 0 fully saturated rings. The molecule has 0 aliphatic heterocycles. The lowest BCUT2D eigenvalue weighted by Crippen LogP contribution is -2.39. The van der Waals surface area contributed by atoms with E-state index >= 15 is 0 Å². The van der Waals surface area contributed by atoms with Gasteiger partial charge in [0.25, 0.3) is 0 Å². The maximum Gasteiger partial charge on any atom is 0.411 e. The van der Waals surface area contributed by atoms with E-state index in [0.29, 0.717) is 0 Å². The number of hydrogen-bond acceptors (Lipinski definition) is 3. The average molecular weight is 366 g/mol. The first kappa shape index (κ1) is 18.7. The van der Waals surface area contributed by atoms with E-state index in [1.165, 1.54) is 12.1 Å². The second kappa shape index (κ2) is 8.48. The number of benzene rings is 2. The fourth-order valence-corrected chi connectivity index (χ4v) is 2.56. The van der Waals surface area contributed by atoms with Gasteiger partial charge >= 0.3 is 12.1 Å². The smallest absolute Gasteiger partial charge is 0.411 e. The minimum absolute atomic E-state index is 0.0134. The lowest BCUT2D eigenvalue weighted by Gasteiger charge is -2.27. The Balaban J connectivity index is 2.23. The first-order chi connectivity index (χ1) is 11.9. The molecule has 2 aromatic carbocycles. The van der Waals surface area contributed by atoms with E-state index in [2.05, 4.69) is 0 Å². The van der Waals surface area contributed by atoms with Crippen LogP contribution in [0.5, 0.6) is 0 Å². The van der Waals surface area contributed by atoms with Crippen LogP contribution in [0.3, 0.4) is 0 Å². The minimum atomic E-state index is -1.54. The lowest BCUT2D eigenvalue weighted by atomic mass is 10.0. The van der Waals surface area contributed by atoms with Crippen molar-refractivity contribution >= 4 is 23.7 Å².